The number of aryl methyl sites for hydroxylation is 1. The molecule has 5 aromatic rings. The number of nitrogens with zero attached hydrogens (tertiary/aromatic N) is 3. The van der Waals surface area contributed by atoms with E-state index in [0.717, 1.165) is 28.6 Å². The van der Waals surface area contributed by atoms with E-state index in [2.05, 4.69) is 20.5 Å². The van der Waals surface area contributed by atoms with Crippen molar-refractivity contribution in [2.24, 2.45) is 0 Å². The Morgan fingerprint density at radius 3 is 2.68 bits per heavy atom. The Bertz CT molecular complexity index is 1450. The van der Waals surface area contributed by atoms with Gasteiger partial charge >= 0.3 is 5.69 Å². The van der Waals surface area contributed by atoms with Gasteiger partial charge in [-0.1, -0.05) is 18.2 Å². The Morgan fingerprint density at radius 1 is 1.03 bits per heavy atom. The van der Waals surface area contributed by atoms with Crippen molar-refractivity contribution < 1.29 is 5.11 Å². The molecule has 3 heterocycles. The number of benzene rings is 2. The number of H-pyrrole nitrogens is 1. The molecule has 0 aliphatic heterocycles. The van der Waals surface area contributed by atoms with E-state index in [4.69, 9.17) is 0 Å². The lowest BCUT2D eigenvalue weighted by Gasteiger charge is -2.12. The number of aromatic nitrogens is 4. The summed E-state index contributed by atoms with van der Waals surface area (Å²) in [6.45, 7) is 3.37. The molecule has 2 aromatic carbocycles. The smallest absolute Gasteiger partial charge is 0.348 e. The molecule has 3 aromatic heterocycles. The van der Waals surface area contributed by atoms with Crippen LogP contribution in [0.3, 0.4) is 0 Å². The van der Waals surface area contributed by atoms with Crippen molar-refractivity contribution in [1.29, 1.82) is 0 Å². The molecule has 0 aliphatic rings. The molecule has 7 heteroatoms. The zero-order valence-corrected chi connectivity index (χ0v) is 17.0. The van der Waals surface area contributed by atoms with Gasteiger partial charge in [0, 0.05) is 36.4 Å². The number of phenolic OH excluding ortho intramolecular Hbond substituents is 1. The van der Waals surface area contributed by atoms with Crippen molar-refractivity contribution in [2.45, 2.75) is 20.0 Å². The minimum absolute atomic E-state index is 0.174. The summed E-state index contributed by atoms with van der Waals surface area (Å²) in [6, 6.07) is 17.4. The Morgan fingerprint density at radius 2 is 1.84 bits per heavy atom. The summed E-state index contributed by atoms with van der Waals surface area (Å²) in [7, 11) is 0. The van der Waals surface area contributed by atoms with Gasteiger partial charge in [-0.15, -0.1) is 0 Å². The number of nitrogens with one attached hydrogen (secondary N) is 2. The molecule has 0 saturated heterocycles. The second kappa shape index (κ2) is 7.70. The predicted octanol–water partition coefficient (Wildman–Crippen LogP) is 3.54. The van der Waals surface area contributed by atoms with E-state index < -0.39 is 0 Å². The second-order valence-electron chi connectivity index (χ2n) is 7.60. The van der Waals surface area contributed by atoms with Gasteiger partial charge in [0.05, 0.1) is 5.52 Å². The Hall–Kier alpha value is -3.97. The van der Waals surface area contributed by atoms with Crippen LogP contribution in [-0.4, -0.2) is 24.7 Å². The number of hydrogen-bond acceptors (Lipinski definition) is 5. The minimum atomic E-state index is -0.300. The highest BCUT2D eigenvalue weighted by Crippen LogP contribution is 2.35. The standard InChI is InChI=1S/C24H21N5O2/c1-15-9-23-27-28-24(31)29(23)21-11-20(22(30)12-19(15)21)18-4-2-3-17(10-18)14-26-13-16-5-7-25-8-6-16/h2-12,26,30H,13-14H2,1H3,(H,28,31). The van der Waals surface area contributed by atoms with Crippen LogP contribution >= 0.6 is 0 Å². The van der Waals surface area contributed by atoms with Crippen LogP contribution in [0, 0.1) is 6.92 Å². The van der Waals surface area contributed by atoms with Gasteiger partial charge in [0.1, 0.15) is 5.75 Å². The maximum atomic E-state index is 12.3. The average molecular weight is 411 g/mol. The van der Waals surface area contributed by atoms with Crippen LogP contribution in [0.2, 0.25) is 0 Å². The van der Waals surface area contributed by atoms with Crippen LogP contribution in [0.25, 0.3) is 27.7 Å². The number of fused-ring (bicyclic) bond motifs is 3. The summed E-state index contributed by atoms with van der Waals surface area (Å²) < 4.78 is 1.53. The first-order valence-corrected chi connectivity index (χ1v) is 10.0. The highest BCUT2D eigenvalue weighted by atomic mass is 16.3. The molecule has 0 atom stereocenters. The number of rotatable bonds is 5. The van der Waals surface area contributed by atoms with E-state index >= 15 is 0 Å². The third-order valence-corrected chi connectivity index (χ3v) is 5.47. The van der Waals surface area contributed by atoms with E-state index in [0.29, 0.717) is 23.3 Å². The van der Waals surface area contributed by atoms with Crippen molar-refractivity contribution in [3.8, 4) is 16.9 Å². The van der Waals surface area contributed by atoms with Gasteiger partial charge in [-0.2, -0.15) is 5.10 Å². The number of aromatic hydroxyl groups is 1. The fourth-order valence-electron chi connectivity index (χ4n) is 3.92. The van der Waals surface area contributed by atoms with Crippen molar-refractivity contribution in [3.05, 3.63) is 94.2 Å². The summed E-state index contributed by atoms with van der Waals surface area (Å²) >= 11 is 0. The molecule has 0 fully saturated rings. The summed E-state index contributed by atoms with van der Waals surface area (Å²) in [5, 5.41) is 21.6. The van der Waals surface area contributed by atoms with Crippen molar-refractivity contribution >= 4 is 16.6 Å². The first-order valence-electron chi connectivity index (χ1n) is 10.0. The van der Waals surface area contributed by atoms with E-state index in [-0.39, 0.29) is 11.4 Å². The molecule has 154 valence electrons. The Labute approximate surface area is 178 Å². The van der Waals surface area contributed by atoms with Crippen LogP contribution < -0.4 is 11.0 Å². The largest absolute Gasteiger partial charge is 0.507 e. The molecular formula is C24H21N5O2. The normalized spacial score (nSPS) is 11.4. The molecule has 0 spiro atoms. The monoisotopic (exact) mass is 411 g/mol. The number of pyridine rings is 2. The summed E-state index contributed by atoms with van der Waals surface area (Å²) in [4.78, 5) is 16.3. The zero-order chi connectivity index (χ0) is 21.4. The highest BCUT2D eigenvalue weighted by molar-refractivity contribution is 5.92. The molecule has 0 amide bonds. The van der Waals surface area contributed by atoms with E-state index in [1.54, 1.807) is 18.5 Å². The van der Waals surface area contributed by atoms with Crippen molar-refractivity contribution in [3.63, 3.8) is 0 Å². The SMILES string of the molecule is Cc1cc2n[nH]c(=O)n2c2cc(-c3cccc(CNCc4ccncc4)c3)c(O)cc12. The van der Waals surface area contributed by atoms with Crippen LogP contribution in [0.5, 0.6) is 5.75 Å². The van der Waals surface area contributed by atoms with Gasteiger partial charge in [-0.25, -0.2) is 14.3 Å². The van der Waals surface area contributed by atoms with Crippen molar-refractivity contribution in [1.82, 2.24) is 24.9 Å². The third-order valence-electron chi connectivity index (χ3n) is 5.47. The summed E-state index contributed by atoms with van der Waals surface area (Å²) in [5.74, 6) is 0.174. The number of phenols is 1. The maximum Gasteiger partial charge on any atom is 0.348 e. The lowest BCUT2D eigenvalue weighted by atomic mass is 9.99. The van der Waals surface area contributed by atoms with Gasteiger partial charge in [0.2, 0.25) is 0 Å². The number of aromatic amines is 1. The Balaban J connectivity index is 1.51. The average Bonchev–Trinajstić information content (AvgIpc) is 3.15. The maximum absolute atomic E-state index is 12.3. The zero-order valence-electron chi connectivity index (χ0n) is 17.0. The first-order chi connectivity index (χ1) is 15.1. The topological polar surface area (TPSA) is 95.3 Å². The molecule has 7 nitrogen and oxygen atoms in total. The van der Waals surface area contributed by atoms with Gasteiger partial charge in [-0.05, 0) is 65.6 Å². The van der Waals surface area contributed by atoms with Gasteiger partial charge in [-0.3, -0.25) is 4.98 Å². The van der Waals surface area contributed by atoms with E-state index in [1.165, 1.54) is 9.96 Å². The van der Waals surface area contributed by atoms with E-state index in [9.17, 15) is 9.90 Å². The molecular weight excluding hydrogens is 390 g/mol. The molecule has 0 unspecified atom stereocenters. The summed E-state index contributed by atoms with van der Waals surface area (Å²) in [5.41, 5.74) is 5.73. The first kappa shape index (κ1) is 19.0. The number of hydrogen-bond donors (Lipinski definition) is 3. The van der Waals surface area contributed by atoms with Crippen LogP contribution in [0.15, 0.2) is 71.8 Å². The van der Waals surface area contributed by atoms with Crippen LogP contribution in [-0.2, 0) is 13.1 Å². The summed E-state index contributed by atoms with van der Waals surface area (Å²) in [6.07, 6.45) is 3.56. The van der Waals surface area contributed by atoms with Gasteiger partial charge < -0.3 is 10.4 Å². The van der Waals surface area contributed by atoms with Crippen LogP contribution in [0.4, 0.5) is 0 Å². The molecule has 3 N–H and O–H groups in total. The predicted molar refractivity (Wildman–Crippen MR) is 120 cm³/mol. The lowest BCUT2D eigenvalue weighted by Crippen LogP contribution is -2.12. The highest BCUT2D eigenvalue weighted by Gasteiger charge is 2.13. The third kappa shape index (κ3) is 3.55. The van der Waals surface area contributed by atoms with Crippen molar-refractivity contribution in [2.75, 3.05) is 0 Å². The molecule has 0 aliphatic carbocycles. The molecule has 0 radical (unpaired) electrons. The molecule has 5 rings (SSSR count). The van der Waals surface area contributed by atoms with Gasteiger partial charge in [0.15, 0.2) is 5.65 Å². The second-order valence-corrected chi connectivity index (χ2v) is 7.60. The van der Waals surface area contributed by atoms with E-state index in [1.807, 2.05) is 55.5 Å². The fourth-order valence-corrected chi connectivity index (χ4v) is 3.92. The lowest BCUT2D eigenvalue weighted by molar-refractivity contribution is 0.478. The fraction of sp³-hybridized carbons (Fsp3) is 0.125. The Kier molecular flexibility index (Phi) is 4.72. The molecule has 0 saturated carbocycles. The molecule has 31 heavy (non-hydrogen) atoms. The molecule has 0 bridgehead atoms. The van der Waals surface area contributed by atoms with Gasteiger partial charge in [0.25, 0.3) is 0 Å². The van der Waals surface area contributed by atoms with Crippen LogP contribution in [0.1, 0.15) is 16.7 Å². The minimum Gasteiger partial charge on any atom is -0.507 e. The quantitative estimate of drug-likeness (QED) is 0.411.